The van der Waals surface area contributed by atoms with Crippen LogP contribution in [0.5, 0.6) is 5.75 Å². The number of hydrogen-bond donors (Lipinski definition) is 4. The molecule has 3 aromatic rings. The molecule has 9 heteroatoms. The number of amides is 2. The number of rotatable bonds is 6. The van der Waals surface area contributed by atoms with Gasteiger partial charge < -0.3 is 25.4 Å². The van der Waals surface area contributed by atoms with Crippen molar-refractivity contribution in [3.05, 3.63) is 82.0 Å². The molecule has 2 amide bonds. The van der Waals surface area contributed by atoms with Crippen molar-refractivity contribution >= 4 is 17.7 Å². The molecule has 166 valence electrons. The van der Waals surface area contributed by atoms with Gasteiger partial charge in [-0.1, -0.05) is 30.3 Å². The standard InChI is InChI=1S/C23H22FN3O5/c1-13-5-3-4-6-15(13)16-11-14(7-8-17(16)24)18(12-20(29)30)25-23(32)26-21-19(28)9-10-27(2)22(21)31/h3-11,18,28H,12H2,1-2H3,(H,29,30)(H2,25,26,32). The number of anilines is 1. The summed E-state index contributed by atoms with van der Waals surface area (Å²) in [5.74, 6) is -2.10. The van der Waals surface area contributed by atoms with Gasteiger partial charge in [-0.15, -0.1) is 0 Å². The van der Waals surface area contributed by atoms with Gasteiger partial charge in [0.25, 0.3) is 5.56 Å². The Kier molecular flexibility index (Phi) is 6.58. The summed E-state index contributed by atoms with van der Waals surface area (Å²) in [6, 6.07) is 10.6. The third kappa shape index (κ3) is 4.94. The predicted molar refractivity (Wildman–Crippen MR) is 117 cm³/mol. The SMILES string of the molecule is Cc1ccccc1-c1cc(C(CC(=O)O)NC(=O)Nc2c(O)ccn(C)c2=O)ccc1F. The Morgan fingerprint density at radius 1 is 1.12 bits per heavy atom. The maximum Gasteiger partial charge on any atom is 0.319 e. The van der Waals surface area contributed by atoms with E-state index in [9.17, 15) is 29.0 Å². The molecular formula is C23H22FN3O5. The number of hydrogen-bond acceptors (Lipinski definition) is 4. The minimum absolute atomic E-state index is 0.271. The number of carboxylic acids is 1. The average molecular weight is 439 g/mol. The van der Waals surface area contributed by atoms with Crippen LogP contribution in [0.3, 0.4) is 0 Å². The van der Waals surface area contributed by atoms with E-state index in [2.05, 4.69) is 10.6 Å². The van der Waals surface area contributed by atoms with Crippen LogP contribution in [0, 0.1) is 12.7 Å². The Morgan fingerprint density at radius 3 is 2.53 bits per heavy atom. The Labute approximate surface area is 183 Å². The first-order valence-corrected chi connectivity index (χ1v) is 9.70. The zero-order valence-electron chi connectivity index (χ0n) is 17.4. The van der Waals surface area contributed by atoms with Gasteiger partial charge in [0.1, 0.15) is 11.6 Å². The van der Waals surface area contributed by atoms with Crippen molar-refractivity contribution in [3.8, 4) is 16.9 Å². The van der Waals surface area contributed by atoms with Gasteiger partial charge in [-0.05, 0) is 41.8 Å². The van der Waals surface area contributed by atoms with Gasteiger partial charge >= 0.3 is 12.0 Å². The lowest BCUT2D eigenvalue weighted by molar-refractivity contribution is -0.137. The Bertz CT molecular complexity index is 1240. The van der Waals surface area contributed by atoms with Crippen LogP contribution in [0.15, 0.2) is 59.5 Å². The van der Waals surface area contributed by atoms with Crippen LogP contribution in [0.1, 0.15) is 23.6 Å². The number of urea groups is 1. The monoisotopic (exact) mass is 439 g/mol. The summed E-state index contributed by atoms with van der Waals surface area (Å²) in [5, 5.41) is 24.0. The van der Waals surface area contributed by atoms with Crippen molar-refractivity contribution in [3.63, 3.8) is 0 Å². The van der Waals surface area contributed by atoms with Crippen molar-refractivity contribution < 1.29 is 24.2 Å². The number of carboxylic acid groups (broad SMARTS) is 1. The van der Waals surface area contributed by atoms with Gasteiger partial charge in [-0.25, -0.2) is 9.18 Å². The van der Waals surface area contributed by atoms with E-state index < -0.39 is 41.6 Å². The molecule has 1 atom stereocenters. The molecule has 0 aliphatic carbocycles. The maximum absolute atomic E-state index is 14.6. The molecule has 1 unspecified atom stereocenters. The van der Waals surface area contributed by atoms with Crippen molar-refractivity contribution in [1.29, 1.82) is 0 Å². The Hall–Kier alpha value is -4.14. The summed E-state index contributed by atoms with van der Waals surface area (Å²) >= 11 is 0. The third-order valence-corrected chi connectivity index (χ3v) is 5.00. The molecule has 1 heterocycles. The molecule has 4 N–H and O–H groups in total. The molecule has 0 aliphatic heterocycles. The van der Waals surface area contributed by atoms with Crippen LogP contribution in [-0.2, 0) is 11.8 Å². The molecule has 3 rings (SSSR count). The topological polar surface area (TPSA) is 121 Å². The fourth-order valence-corrected chi connectivity index (χ4v) is 3.31. The van der Waals surface area contributed by atoms with Gasteiger partial charge in [0.05, 0.1) is 12.5 Å². The third-order valence-electron chi connectivity index (χ3n) is 5.00. The van der Waals surface area contributed by atoms with E-state index in [0.29, 0.717) is 11.1 Å². The van der Waals surface area contributed by atoms with Crippen LogP contribution in [0.2, 0.25) is 0 Å². The summed E-state index contributed by atoms with van der Waals surface area (Å²) in [6.07, 6.45) is 0.852. The highest BCUT2D eigenvalue weighted by atomic mass is 19.1. The predicted octanol–water partition coefficient (Wildman–Crippen LogP) is 3.54. The zero-order chi connectivity index (χ0) is 23.4. The molecule has 0 aliphatic rings. The number of benzene rings is 2. The summed E-state index contributed by atoms with van der Waals surface area (Å²) in [5.41, 5.74) is 1.13. The molecule has 2 aromatic carbocycles. The van der Waals surface area contributed by atoms with Crippen LogP contribution in [0.25, 0.3) is 11.1 Å². The zero-order valence-corrected chi connectivity index (χ0v) is 17.4. The highest BCUT2D eigenvalue weighted by Gasteiger charge is 2.21. The minimum atomic E-state index is -1.18. The van der Waals surface area contributed by atoms with E-state index in [-0.39, 0.29) is 11.3 Å². The summed E-state index contributed by atoms with van der Waals surface area (Å²) < 4.78 is 15.7. The van der Waals surface area contributed by atoms with Gasteiger partial charge in [0, 0.05) is 18.8 Å². The van der Waals surface area contributed by atoms with Crippen LogP contribution < -0.4 is 16.2 Å². The molecule has 0 saturated heterocycles. The normalized spacial score (nSPS) is 11.6. The van der Waals surface area contributed by atoms with Gasteiger partial charge in [0.15, 0.2) is 5.69 Å². The van der Waals surface area contributed by atoms with Crippen LogP contribution in [0.4, 0.5) is 14.9 Å². The van der Waals surface area contributed by atoms with Crippen molar-refractivity contribution in [2.45, 2.75) is 19.4 Å². The summed E-state index contributed by atoms with van der Waals surface area (Å²) in [4.78, 5) is 36.1. The van der Waals surface area contributed by atoms with Gasteiger partial charge in [-0.2, -0.15) is 0 Å². The number of nitrogens with zero attached hydrogens (tertiary/aromatic N) is 1. The second-order valence-corrected chi connectivity index (χ2v) is 7.30. The number of nitrogens with one attached hydrogen (secondary N) is 2. The molecule has 8 nitrogen and oxygen atoms in total. The summed E-state index contributed by atoms with van der Waals surface area (Å²) in [7, 11) is 1.45. The molecular weight excluding hydrogens is 417 g/mol. The second kappa shape index (κ2) is 9.34. The minimum Gasteiger partial charge on any atom is -0.505 e. The van der Waals surface area contributed by atoms with E-state index >= 15 is 0 Å². The van der Waals surface area contributed by atoms with Crippen molar-refractivity contribution in [1.82, 2.24) is 9.88 Å². The molecule has 0 radical (unpaired) electrons. The fourth-order valence-electron chi connectivity index (χ4n) is 3.31. The second-order valence-electron chi connectivity index (χ2n) is 7.30. The number of aromatic hydroxyl groups is 1. The average Bonchev–Trinajstić information content (AvgIpc) is 2.74. The summed E-state index contributed by atoms with van der Waals surface area (Å²) in [6.45, 7) is 1.83. The number of carbonyl (C=O) groups is 2. The molecule has 0 fully saturated rings. The number of aliphatic carboxylic acids is 1. The van der Waals surface area contributed by atoms with Crippen LogP contribution >= 0.6 is 0 Å². The smallest absolute Gasteiger partial charge is 0.319 e. The highest BCUT2D eigenvalue weighted by molar-refractivity contribution is 5.91. The maximum atomic E-state index is 14.6. The quantitative estimate of drug-likeness (QED) is 0.468. The number of aromatic nitrogens is 1. The molecule has 1 aromatic heterocycles. The lowest BCUT2D eigenvalue weighted by atomic mass is 9.95. The first-order valence-electron chi connectivity index (χ1n) is 9.70. The number of halogens is 1. The van der Waals surface area contributed by atoms with E-state index in [0.717, 1.165) is 5.56 Å². The number of pyridine rings is 1. The number of carbonyl (C=O) groups excluding carboxylic acids is 1. The van der Waals surface area contributed by atoms with E-state index in [4.69, 9.17) is 0 Å². The lowest BCUT2D eigenvalue weighted by Crippen LogP contribution is -2.36. The van der Waals surface area contributed by atoms with E-state index in [1.54, 1.807) is 12.1 Å². The molecule has 0 saturated carbocycles. The number of aryl methyl sites for hydroxylation is 2. The molecule has 32 heavy (non-hydrogen) atoms. The van der Waals surface area contributed by atoms with Crippen LogP contribution in [-0.4, -0.2) is 26.8 Å². The van der Waals surface area contributed by atoms with Crippen molar-refractivity contribution in [2.75, 3.05) is 5.32 Å². The lowest BCUT2D eigenvalue weighted by Gasteiger charge is -2.19. The Morgan fingerprint density at radius 2 is 1.84 bits per heavy atom. The van der Waals surface area contributed by atoms with Gasteiger partial charge in [-0.3, -0.25) is 9.59 Å². The first kappa shape index (κ1) is 22.5. The fraction of sp³-hybridized carbons (Fsp3) is 0.174. The van der Waals surface area contributed by atoms with Crippen molar-refractivity contribution in [2.24, 2.45) is 7.05 Å². The van der Waals surface area contributed by atoms with Gasteiger partial charge in [0.2, 0.25) is 0 Å². The van der Waals surface area contributed by atoms with E-state index in [1.807, 2.05) is 19.1 Å². The highest BCUT2D eigenvalue weighted by Crippen LogP contribution is 2.30. The molecule has 0 spiro atoms. The first-order chi connectivity index (χ1) is 15.2. The molecule has 0 bridgehead atoms. The largest absolute Gasteiger partial charge is 0.505 e. The Balaban J connectivity index is 1.92. The van der Waals surface area contributed by atoms with E-state index in [1.165, 1.54) is 42.1 Å².